The second kappa shape index (κ2) is 6.12. The van der Waals surface area contributed by atoms with Gasteiger partial charge in [-0.1, -0.05) is 12.1 Å². The van der Waals surface area contributed by atoms with Gasteiger partial charge in [0.05, 0.1) is 6.04 Å². The smallest absolute Gasteiger partial charge is 0.239 e. The van der Waals surface area contributed by atoms with Crippen LogP contribution in [0.1, 0.15) is 12.5 Å². The molecule has 0 spiro atoms. The minimum absolute atomic E-state index is 0.0152. The van der Waals surface area contributed by atoms with Crippen molar-refractivity contribution in [2.75, 3.05) is 26.2 Å². The van der Waals surface area contributed by atoms with Gasteiger partial charge < -0.3 is 10.6 Å². The summed E-state index contributed by atoms with van der Waals surface area (Å²) >= 11 is 0. The Labute approximate surface area is 113 Å². The lowest BCUT2D eigenvalue weighted by molar-refractivity contribution is -0.134. The molecule has 4 nitrogen and oxygen atoms in total. The summed E-state index contributed by atoms with van der Waals surface area (Å²) in [6.07, 6.45) is 0. The van der Waals surface area contributed by atoms with Crippen LogP contribution in [0.25, 0.3) is 0 Å². The van der Waals surface area contributed by atoms with Crippen LogP contribution in [0.15, 0.2) is 24.3 Å². The normalized spacial score (nSPS) is 18.4. The van der Waals surface area contributed by atoms with Gasteiger partial charge in [-0.15, -0.1) is 0 Å². The summed E-state index contributed by atoms with van der Waals surface area (Å²) in [5.74, 6) is -0.197. The van der Waals surface area contributed by atoms with Crippen LogP contribution in [0.4, 0.5) is 4.39 Å². The molecule has 0 bridgehead atoms. The molecule has 0 unspecified atom stereocenters. The second-order valence-electron chi connectivity index (χ2n) is 5.02. The Morgan fingerprint density at radius 3 is 2.37 bits per heavy atom. The lowest BCUT2D eigenvalue weighted by Crippen LogP contribution is -2.52. The van der Waals surface area contributed by atoms with Gasteiger partial charge in [0.15, 0.2) is 0 Å². The summed E-state index contributed by atoms with van der Waals surface area (Å²) in [5, 5.41) is 0. The molecule has 0 saturated carbocycles. The molecule has 2 N–H and O–H groups in total. The van der Waals surface area contributed by atoms with Gasteiger partial charge >= 0.3 is 0 Å². The van der Waals surface area contributed by atoms with Crippen LogP contribution in [0.3, 0.4) is 0 Å². The third kappa shape index (κ3) is 3.75. The first-order chi connectivity index (χ1) is 9.06. The lowest BCUT2D eigenvalue weighted by atomic mass is 10.2. The molecule has 1 aliphatic rings. The quantitative estimate of drug-likeness (QED) is 0.880. The summed E-state index contributed by atoms with van der Waals surface area (Å²) in [5.41, 5.74) is 6.69. The highest BCUT2D eigenvalue weighted by atomic mass is 19.1. The van der Waals surface area contributed by atoms with E-state index in [-0.39, 0.29) is 11.7 Å². The van der Waals surface area contributed by atoms with Crippen LogP contribution < -0.4 is 5.73 Å². The van der Waals surface area contributed by atoms with E-state index in [0.29, 0.717) is 13.1 Å². The van der Waals surface area contributed by atoms with Crippen LogP contribution in [-0.4, -0.2) is 47.9 Å². The third-order valence-electron chi connectivity index (χ3n) is 3.39. The first kappa shape index (κ1) is 14.0. The molecule has 2 rings (SSSR count). The first-order valence-corrected chi connectivity index (χ1v) is 6.57. The molecule has 0 radical (unpaired) electrons. The molecule has 0 aliphatic carbocycles. The van der Waals surface area contributed by atoms with Gasteiger partial charge in [-0.25, -0.2) is 4.39 Å². The number of hydrogen-bond acceptors (Lipinski definition) is 3. The molecule has 5 heteroatoms. The molecule has 1 aromatic rings. The molecule has 1 amide bonds. The summed E-state index contributed by atoms with van der Waals surface area (Å²) in [7, 11) is 0. The van der Waals surface area contributed by atoms with E-state index < -0.39 is 6.04 Å². The summed E-state index contributed by atoms with van der Waals surface area (Å²) in [6, 6.07) is 6.13. The van der Waals surface area contributed by atoms with E-state index in [1.165, 1.54) is 12.1 Å². The highest BCUT2D eigenvalue weighted by molar-refractivity contribution is 5.81. The number of hydrogen-bond donors (Lipinski definition) is 1. The average Bonchev–Trinajstić information content (AvgIpc) is 2.41. The maximum absolute atomic E-state index is 12.8. The minimum atomic E-state index is -0.427. The summed E-state index contributed by atoms with van der Waals surface area (Å²) < 4.78 is 12.8. The highest BCUT2D eigenvalue weighted by Gasteiger charge is 2.22. The number of piperazine rings is 1. The predicted octanol–water partition coefficient (Wildman–Crippen LogP) is 0.817. The van der Waals surface area contributed by atoms with E-state index in [9.17, 15) is 9.18 Å². The molecule has 1 fully saturated rings. The van der Waals surface area contributed by atoms with Crippen molar-refractivity contribution in [1.82, 2.24) is 9.80 Å². The molecule has 1 heterocycles. The van der Waals surface area contributed by atoms with Gasteiger partial charge in [0.25, 0.3) is 0 Å². The van der Waals surface area contributed by atoms with E-state index in [2.05, 4.69) is 4.90 Å². The van der Waals surface area contributed by atoms with Gasteiger partial charge in [-0.3, -0.25) is 9.69 Å². The highest BCUT2D eigenvalue weighted by Crippen LogP contribution is 2.10. The zero-order valence-corrected chi connectivity index (χ0v) is 11.2. The Bertz CT molecular complexity index is 425. The number of amides is 1. The van der Waals surface area contributed by atoms with Crippen LogP contribution in [0.5, 0.6) is 0 Å². The van der Waals surface area contributed by atoms with Crippen molar-refractivity contribution in [3.8, 4) is 0 Å². The van der Waals surface area contributed by atoms with Crippen molar-refractivity contribution in [1.29, 1.82) is 0 Å². The van der Waals surface area contributed by atoms with Crippen molar-refractivity contribution in [3.63, 3.8) is 0 Å². The molecular weight excluding hydrogens is 245 g/mol. The van der Waals surface area contributed by atoms with Crippen LogP contribution >= 0.6 is 0 Å². The zero-order valence-electron chi connectivity index (χ0n) is 11.2. The molecule has 1 aliphatic heterocycles. The van der Waals surface area contributed by atoms with Crippen LogP contribution in [0.2, 0.25) is 0 Å². The van der Waals surface area contributed by atoms with Crippen LogP contribution in [0, 0.1) is 5.82 Å². The standard InChI is InChI=1S/C14H20FN3O/c1-11(16)14(19)18-8-6-17(7-9-18)10-12-2-4-13(15)5-3-12/h2-5,11H,6-10,16H2,1H3/t11-/m0/s1. The van der Waals surface area contributed by atoms with Crippen molar-refractivity contribution in [2.24, 2.45) is 5.73 Å². The largest absolute Gasteiger partial charge is 0.339 e. The van der Waals surface area contributed by atoms with E-state index in [4.69, 9.17) is 5.73 Å². The van der Waals surface area contributed by atoms with Gasteiger partial charge in [0.1, 0.15) is 5.82 Å². The molecule has 19 heavy (non-hydrogen) atoms. The number of carbonyl (C=O) groups excluding carboxylic acids is 1. The minimum Gasteiger partial charge on any atom is -0.339 e. The zero-order chi connectivity index (χ0) is 13.8. The fourth-order valence-corrected chi connectivity index (χ4v) is 2.26. The number of nitrogens with zero attached hydrogens (tertiary/aromatic N) is 2. The number of benzene rings is 1. The Morgan fingerprint density at radius 1 is 1.26 bits per heavy atom. The third-order valence-corrected chi connectivity index (χ3v) is 3.39. The van der Waals surface area contributed by atoms with Crippen LogP contribution in [-0.2, 0) is 11.3 Å². The Hall–Kier alpha value is -1.46. The number of rotatable bonds is 3. The van der Waals surface area contributed by atoms with Crippen molar-refractivity contribution in [3.05, 3.63) is 35.6 Å². The van der Waals surface area contributed by atoms with E-state index in [1.807, 2.05) is 4.90 Å². The van der Waals surface area contributed by atoms with Crippen molar-refractivity contribution in [2.45, 2.75) is 19.5 Å². The first-order valence-electron chi connectivity index (χ1n) is 6.57. The van der Waals surface area contributed by atoms with Crippen molar-refractivity contribution >= 4 is 5.91 Å². The van der Waals surface area contributed by atoms with Gasteiger partial charge in [0.2, 0.25) is 5.91 Å². The maximum Gasteiger partial charge on any atom is 0.239 e. The average molecular weight is 265 g/mol. The maximum atomic E-state index is 12.8. The van der Waals surface area contributed by atoms with E-state index in [0.717, 1.165) is 25.2 Å². The molecule has 1 aromatic carbocycles. The number of nitrogens with two attached hydrogens (primary N) is 1. The van der Waals surface area contributed by atoms with Gasteiger partial charge in [-0.2, -0.15) is 0 Å². The van der Waals surface area contributed by atoms with Crippen molar-refractivity contribution < 1.29 is 9.18 Å². The topological polar surface area (TPSA) is 49.6 Å². The summed E-state index contributed by atoms with van der Waals surface area (Å²) in [4.78, 5) is 15.8. The Balaban J connectivity index is 1.83. The fraction of sp³-hybridized carbons (Fsp3) is 0.500. The van der Waals surface area contributed by atoms with E-state index in [1.54, 1.807) is 19.1 Å². The van der Waals surface area contributed by atoms with E-state index >= 15 is 0 Å². The number of halogens is 1. The summed E-state index contributed by atoms with van der Waals surface area (Å²) in [6.45, 7) is 5.59. The molecule has 1 saturated heterocycles. The predicted molar refractivity (Wildman–Crippen MR) is 71.9 cm³/mol. The fourth-order valence-electron chi connectivity index (χ4n) is 2.26. The molecule has 104 valence electrons. The molecular formula is C14H20FN3O. The Kier molecular flexibility index (Phi) is 4.50. The Morgan fingerprint density at radius 2 is 1.84 bits per heavy atom. The second-order valence-corrected chi connectivity index (χ2v) is 5.02. The number of carbonyl (C=O) groups is 1. The van der Waals surface area contributed by atoms with Gasteiger partial charge in [-0.05, 0) is 24.6 Å². The van der Waals surface area contributed by atoms with Gasteiger partial charge in [0, 0.05) is 32.7 Å². The lowest BCUT2D eigenvalue weighted by Gasteiger charge is -2.35. The monoisotopic (exact) mass is 265 g/mol. The SMILES string of the molecule is C[C@H](N)C(=O)N1CCN(Cc2ccc(F)cc2)CC1. The molecule has 0 aromatic heterocycles. The molecule has 1 atom stereocenters.